The fraction of sp³-hybridized carbons (Fsp3) is 0.600. The van der Waals surface area contributed by atoms with E-state index < -0.39 is 96.0 Å². The number of carbonyl (C=O) groups is 8. The van der Waals surface area contributed by atoms with Crippen LogP contribution < -0.4 is 32.7 Å². The van der Waals surface area contributed by atoms with Gasteiger partial charge in [0.15, 0.2) is 0 Å². The van der Waals surface area contributed by atoms with Crippen LogP contribution >= 0.6 is 0 Å². The zero-order chi connectivity index (χ0) is 40.0. The number of hydrogen-bond acceptors (Lipinski definition) is 10. The van der Waals surface area contributed by atoms with Crippen molar-refractivity contribution in [1.29, 1.82) is 0 Å². The zero-order valence-corrected chi connectivity index (χ0v) is 30.5. The van der Waals surface area contributed by atoms with Crippen LogP contribution in [0.25, 0.3) is 0 Å². The topological polar surface area (TPSA) is 301 Å². The van der Waals surface area contributed by atoms with Gasteiger partial charge in [-0.2, -0.15) is 0 Å². The molecule has 1 saturated heterocycles. The average molecular weight is 748 g/mol. The van der Waals surface area contributed by atoms with Gasteiger partial charge < -0.3 is 53.0 Å². The Hall–Kier alpha value is -5.26. The molecule has 0 aromatic heterocycles. The zero-order valence-electron chi connectivity index (χ0n) is 30.5. The molecule has 0 unspecified atom stereocenters. The minimum Gasteiger partial charge on any atom is -0.508 e. The van der Waals surface area contributed by atoms with Crippen LogP contribution in [0.4, 0.5) is 0 Å². The highest BCUT2D eigenvalue weighted by Crippen LogP contribution is 2.21. The Bertz CT molecular complexity index is 1480. The van der Waals surface area contributed by atoms with Crippen molar-refractivity contribution in [2.24, 2.45) is 23.3 Å². The number of carboxylic acids is 2. The molecule has 53 heavy (non-hydrogen) atoms. The van der Waals surface area contributed by atoms with E-state index in [-0.39, 0.29) is 56.7 Å². The third kappa shape index (κ3) is 14.4. The van der Waals surface area contributed by atoms with Gasteiger partial charge in [0, 0.05) is 19.4 Å². The number of hydrogen-bond donors (Lipinski definition) is 9. The Labute approximate surface area is 307 Å². The summed E-state index contributed by atoms with van der Waals surface area (Å²) in [5, 5.41) is 38.5. The largest absolute Gasteiger partial charge is 0.508 e. The normalized spacial score (nSPS) is 16.9. The predicted octanol–water partition coefficient (Wildman–Crippen LogP) is -0.891. The van der Waals surface area contributed by atoms with Crippen molar-refractivity contribution in [2.75, 3.05) is 6.54 Å². The number of carboxylic acid groups (broad SMARTS) is 2. The van der Waals surface area contributed by atoms with Crippen molar-refractivity contribution in [2.45, 2.75) is 115 Å². The predicted molar refractivity (Wildman–Crippen MR) is 189 cm³/mol. The molecule has 0 saturated carbocycles. The molecule has 11 N–H and O–H groups in total. The van der Waals surface area contributed by atoms with E-state index in [0.29, 0.717) is 12.0 Å². The quantitative estimate of drug-likeness (QED) is 0.0740. The van der Waals surface area contributed by atoms with E-state index in [1.165, 1.54) is 17.0 Å². The van der Waals surface area contributed by atoms with Crippen LogP contribution in [0.3, 0.4) is 0 Å². The number of rotatable bonds is 21. The third-order valence-electron chi connectivity index (χ3n) is 8.71. The van der Waals surface area contributed by atoms with Gasteiger partial charge in [0.25, 0.3) is 0 Å². The van der Waals surface area contributed by atoms with Crippen molar-refractivity contribution in [3.8, 4) is 5.75 Å². The van der Waals surface area contributed by atoms with Crippen molar-refractivity contribution < 1.29 is 53.7 Å². The molecular formula is C35H53N7O11. The molecule has 1 aromatic rings. The lowest BCUT2D eigenvalue weighted by Gasteiger charge is -2.31. The monoisotopic (exact) mass is 747 g/mol. The number of likely N-dealkylation sites (tertiary alicyclic amines) is 1. The van der Waals surface area contributed by atoms with Crippen LogP contribution in [0.2, 0.25) is 0 Å². The molecule has 6 atom stereocenters. The van der Waals surface area contributed by atoms with Gasteiger partial charge in [-0.05, 0) is 68.1 Å². The van der Waals surface area contributed by atoms with Crippen molar-refractivity contribution in [3.63, 3.8) is 0 Å². The number of nitrogens with two attached hydrogens (primary N) is 2. The SMILES string of the molecule is CC(C)C[C@H](NC(=O)[C@@H](NC(=O)[C@@H]1CCCN1C(=O)[C@H](CCC(=O)O)NC(=O)[C@H](CCC(N)=O)NC(=O)[C@@H](N)Cc1ccc(O)cc1)C(C)C)C(=O)O. The third-order valence-corrected chi connectivity index (χ3v) is 8.71. The highest BCUT2D eigenvalue weighted by atomic mass is 16.4. The molecule has 18 nitrogen and oxygen atoms in total. The van der Waals surface area contributed by atoms with Gasteiger partial charge in [-0.3, -0.25) is 33.6 Å². The number of carbonyl (C=O) groups excluding carboxylic acids is 6. The summed E-state index contributed by atoms with van der Waals surface area (Å²) in [4.78, 5) is 103. The number of aromatic hydroxyl groups is 1. The number of phenols is 1. The summed E-state index contributed by atoms with van der Waals surface area (Å²) in [5.74, 6) is -7.66. The van der Waals surface area contributed by atoms with Crippen LogP contribution in [0, 0.1) is 11.8 Å². The second kappa shape index (κ2) is 20.7. The van der Waals surface area contributed by atoms with Gasteiger partial charge in [0.2, 0.25) is 35.4 Å². The number of aliphatic carboxylic acids is 2. The number of amides is 6. The number of nitrogens with one attached hydrogen (secondary N) is 4. The molecule has 0 aliphatic carbocycles. The summed E-state index contributed by atoms with van der Waals surface area (Å²) in [5.41, 5.74) is 12.0. The smallest absolute Gasteiger partial charge is 0.326 e. The Kier molecular flexibility index (Phi) is 17.1. The van der Waals surface area contributed by atoms with Crippen molar-refractivity contribution in [1.82, 2.24) is 26.2 Å². The Morgan fingerprint density at radius 1 is 0.811 bits per heavy atom. The molecule has 1 heterocycles. The van der Waals surface area contributed by atoms with E-state index >= 15 is 0 Å². The highest BCUT2D eigenvalue weighted by molar-refractivity contribution is 5.97. The van der Waals surface area contributed by atoms with E-state index in [4.69, 9.17) is 11.5 Å². The summed E-state index contributed by atoms with van der Waals surface area (Å²) in [7, 11) is 0. The number of nitrogens with zero attached hydrogens (tertiary/aromatic N) is 1. The molecule has 0 radical (unpaired) electrons. The maximum absolute atomic E-state index is 13.9. The van der Waals surface area contributed by atoms with Gasteiger partial charge >= 0.3 is 11.9 Å². The van der Waals surface area contributed by atoms with Crippen molar-refractivity contribution in [3.05, 3.63) is 29.8 Å². The Morgan fingerprint density at radius 3 is 1.94 bits per heavy atom. The van der Waals surface area contributed by atoms with E-state index in [0.717, 1.165) is 0 Å². The lowest BCUT2D eigenvalue weighted by Crippen LogP contribution is -2.59. The summed E-state index contributed by atoms with van der Waals surface area (Å²) < 4.78 is 0. The van der Waals surface area contributed by atoms with Gasteiger partial charge in [0.05, 0.1) is 6.04 Å². The highest BCUT2D eigenvalue weighted by Gasteiger charge is 2.40. The second-order valence-electron chi connectivity index (χ2n) is 14.0. The first-order valence-electron chi connectivity index (χ1n) is 17.6. The maximum atomic E-state index is 13.9. The molecule has 1 aromatic carbocycles. The second-order valence-corrected chi connectivity index (χ2v) is 14.0. The summed E-state index contributed by atoms with van der Waals surface area (Å²) in [6.45, 7) is 6.99. The van der Waals surface area contributed by atoms with E-state index in [1.807, 2.05) is 0 Å². The molecule has 294 valence electrons. The van der Waals surface area contributed by atoms with Gasteiger partial charge in [-0.15, -0.1) is 0 Å². The number of benzene rings is 1. The number of phenolic OH excluding ortho intramolecular Hbond substituents is 1. The molecular weight excluding hydrogens is 694 g/mol. The molecule has 1 aliphatic rings. The van der Waals surface area contributed by atoms with Crippen LogP contribution in [0.1, 0.15) is 78.2 Å². The maximum Gasteiger partial charge on any atom is 0.326 e. The van der Waals surface area contributed by atoms with Gasteiger partial charge in [0.1, 0.15) is 36.0 Å². The number of primary amides is 1. The van der Waals surface area contributed by atoms with E-state index in [2.05, 4.69) is 21.3 Å². The molecule has 1 fully saturated rings. The molecule has 0 spiro atoms. The van der Waals surface area contributed by atoms with Crippen LogP contribution in [-0.2, 0) is 44.8 Å². The van der Waals surface area contributed by atoms with Gasteiger partial charge in [-0.1, -0.05) is 39.8 Å². The molecule has 2 rings (SSSR count). The first kappa shape index (κ1) is 43.9. The summed E-state index contributed by atoms with van der Waals surface area (Å²) in [6, 6.07) is -1.52. The summed E-state index contributed by atoms with van der Waals surface area (Å²) >= 11 is 0. The van der Waals surface area contributed by atoms with Crippen LogP contribution in [0.15, 0.2) is 24.3 Å². The van der Waals surface area contributed by atoms with E-state index in [1.54, 1.807) is 39.8 Å². The van der Waals surface area contributed by atoms with Crippen molar-refractivity contribution >= 4 is 47.4 Å². The van der Waals surface area contributed by atoms with Gasteiger partial charge in [-0.25, -0.2) is 4.79 Å². The molecule has 18 heteroatoms. The minimum atomic E-state index is -1.47. The van der Waals surface area contributed by atoms with E-state index in [9.17, 15) is 53.7 Å². The fourth-order valence-corrected chi connectivity index (χ4v) is 5.85. The first-order chi connectivity index (χ1) is 24.8. The standard InChI is InChI=1S/C35H53N7O11/c1-18(2)16-25(35(52)53)40-33(50)29(19(3)4)41-32(49)26-6-5-15-42(26)34(51)24(12-14-28(45)46)39-31(48)23(11-13-27(37)44)38-30(47)22(36)17-20-7-9-21(43)10-8-20/h7-10,18-19,22-26,29,43H,5-6,11-17,36H2,1-4H3,(H2,37,44)(H,38,47)(H,39,48)(H,40,50)(H,41,49)(H,45,46)(H,52,53)/t22-,23-,24-,25-,26-,29-/m0/s1. The minimum absolute atomic E-state index is 0.0122. The molecule has 0 bridgehead atoms. The van der Waals surface area contributed by atoms with Crippen LogP contribution in [0.5, 0.6) is 5.75 Å². The Balaban J connectivity index is 2.25. The summed E-state index contributed by atoms with van der Waals surface area (Å²) in [6.07, 6.45) is -0.786. The average Bonchev–Trinajstić information content (AvgIpc) is 3.57. The Morgan fingerprint density at radius 2 is 1.40 bits per heavy atom. The lowest BCUT2D eigenvalue weighted by molar-refractivity contribution is -0.145. The van der Waals surface area contributed by atoms with Crippen LogP contribution in [-0.4, -0.2) is 110 Å². The lowest BCUT2D eigenvalue weighted by atomic mass is 10.00. The molecule has 6 amide bonds. The first-order valence-corrected chi connectivity index (χ1v) is 17.6. The molecule has 1 aliphatic heterocycles. The fourth-order valence-electron chi connectivity index (χ4n) is 5.85.